The molecule has 0 aliphatic heterocycles. The molecular formula is C22H41O9P3. The lowest BCUT2D eigenvalue weighted by atomic mass is 10.1. The Kier molecular flexibility index (Phi) is 15.9. The summed E-state index contributed by atoms with van der Waals surface area (Å²) < 4.78 is 47.7. The minimum absolute atomic E-state index is 0.146. The van der Waals surface area contributed by atoms with Crippen molar-refractivity contribution in [3.63, 3.8) is 0 Å². The molecule has 0 amide bonds. The van der Waals surface area contributed by atoms with E-state index in [9.17, 15) is 33.1 Å². The Morgan fingerprint density at radius 1 is 0.824 bits per heavy atom. The van der Waals surface area contributed by atoms with Crippen LogP contribution in [0.5, 0.6) is 0 Å². The summed E-state index contributed by atoms with van der Waals surface area (Å²) >= 11 is 0. The van der Waals surface area contributed by atoms with Gasteiger partial charge in [0.25, 0.3) is 0 Å². The molecule has 0 fully saturated rings. The van der Waals surface area contributed by atoms with Crippen molar-refractivity contribution >= 4 is 35.0 Å². The zero-order chi connectivity index (χ0) is 26.5. The van der Waals surface area contributed by atoms with Crippen molar-refractivity contribution in [2.24, 2.45) is 0 Å². The summed E-state index contributed by atoms with van der Waals surface area (Å²) in [4.78, 5) is 44.7. The van der Waals surface area contributed by atoms with Gasteiger partial charge in [-0.15, -0.1) is 13.2 Å². The van der Waals surface area contributed by atoms with E-state index in [0.29, 0.717) is 25.7 Å². The van der Waals surface area contributed by atoms with Crippen molar-refractivity contribution in [3.8, 4) is 0 Å². The minimum Gasteiger partial charge on any atom is -0.324 e. The van der Waals surface area contributed by atoms with Crippen molar-refractivity contribution in [2.75, 3.05) is 0 Å². The highest BCUT2D eigenvalue weighted by Crippen LogP contribution is 2.64. The van der Waals surface area contributed by atoms with Crippen molar-refractivity contribution in [1.82, 2.24) is 0 Å². The van der Waals surface area contributed by atoms with E-state index in [1.807, 2.05) is 13.8 Å². The number of Topliss-reactive ketones (excluding diaryl/α,β-unsaturated/α-hetero) is 2. The topological polar surface area (TPSA) is 144 Å². The van der Waals surface area contributed by atoms with Crippen molar-refractivity contribution in [3.05, 3.63) is 24.3 Å². The molecule has 0 aliphatic carbocycles. The SMILES string of the molecule is C=C(C)CCCC(CC(=O)CC)P(=O)(O)O[PH](=O)OP(=O)(O)C(CCCC(=C)C)CC(=O)CC. The summed E-state index contributed by atoms with van der Waals surface area (Å²) in [5.74, 6) is -0.524. The van der Waals surface area contributed by atoms with Gasteiger partial charge in [0.1, 0.15) is 11.6 Å². The maximum absolute atomic E-state index is 12.8. The van der Waals surface area contributed by atoms with Crippen molar-refractivity contribution in [2.45, 2.75) is 103 Å². The van der Waals surface area contributed by atoms with E-state index >= 15 is 0 Å². The van der Waals surface area contributed by atoms with Crippen LogP contribution in [0.1, 0.15) is 91.9 Å². The highest BCUT2D eigenvalue weighted by atomic mass is 31.3. The molecule has 34 heavy (non-hydrogen) atoms. The number of rotatable bonds is 20. The zero-order valence-electron chi connectivity index (χ0n) is 20.8. The minimum atomic E-state index is -4.62. The van der Waals surface area contributed by atoms with E-state index < -0.39 is 34.8 Å². The molecular weight excluding hydrogens is 501 g/mol. The Hall–Kier alpha value is -0.650. The van der Waals surface area contributed by atoms with Crippen LogP contribution in [0.3, 0.4) is 0 Å². The second kappa shape index (κ2) is 16.2. The summed E-state index contributed by atoms with van der Waals surface area (Å²) in [6.45, 7) is 14.4. The molecule has 198 valence electrons. The normalized spacial score (nSPS) is 17.7. The van der Waals surface area contributed by atoms with Crippen LogP contribution < -0.4 is 0 Å². The summed E-state index contributed by atoms with van der Waals surface area (Å²) in [5.41, 5.74) is -0.510. The third kappa shape index (κ3) is 14.0. The largest absolute Gasteiger partial charge is 0.338 e. The van der Waals surface area contributed by atoms with Crippen LogP contribution in [0, 0.1) is 0 Å². The Bertz CT molecular complexity index is 771. The maximum atomic E-state index is 12.8. The monoisotopic (exact) mass is 542 g/mol. The molecule has 0 aromatic heterocycles. The second-order valence-corrected chi connectivity index (χ2v) is 14.4. The third-order valence-electron chi connectivity index (χ3n) is 5.33. The number of hydrogen-bond donors (Lipinski definition) is 2. The van der Waals surface area contributed by atoms with Crippen molar-refractivity contribution in [1.29, 1.82) is 0 Å². The molecule has 0 aromatic carbocycles. The highest BCUT2D eigenvalue weighted by molar-refractivity contribution is 7.65. The average Bonchev–Trinajstić information content (AvgIpc) is 2.70. The third-order valence-corrected chi connectivity index (χ3v) is 11.3. The fourth-order valence-electron chi connectivity index (χ4n) is 3.23. The van der Waals surface area contributed by atoms with E-state index in [0.717, 1.165) is 11.1 Å². The van der Waals surface area contributed by atoms with Gasteiger partial charge >= 0.3 is 23.4 Å². The zero-order valence-corrected chi connectivity index (χ0v) is 23.6. The van der Waals surface area contributed by atoms with Crippen LogP contribution in [0.2, 0.25) is 0 Å². The number of carbonyl (C=O) groups is 2. The summed E-state index contributed by atoms with van der Waals surface area (Å²) in [5, 5.41) is 0. The number of hydrogen-bond acceptors (Lipinski definition) is 7. The summed E-state index contributed by atoms with van der Waals surface area (Å²) in [6.07, 6.45) is 2.20. The van der Waals surface area contributed by atoms with Gasteiger partial charge in [-0.3, -0.25) is 23.3 Å². The van der Waals surface area contributed by atoms with Gasteiger partial charge in [-0.1, -0.05) is 25.0 Å². The van der Waals surface area contributed by atoms with E-state index in [2.05, 4.69) is 13.2 Å². The van der Waals surface area contributed by atoms with Gasteiger partial charge in [-0.2, -0.15) is 0 Å². The second-order valence-electron chi connectivity index (χ2n) is 8.76. The lowest BCUT2D eigenvalue weighted by Crippen LogP contribution is -2.16. The molecule has 0 rings (SSSR count). The molecule has 4 atom stereocenters. The van der Waals surface area contributed by atoms with Crippen molar-refractivity contribution < 1.29 is 41.7 Å². The van der Waals surface area contributed by atoms with Gasteiger partial charge in [0.05, 0.1) is 11.3 Å². The first-order valence-corrected chi connectivity index (χ1v) is 16.1. The molecule has 12 heteroatoms. The van der Waals surface area contributed by atoms with Gasteiger partial charge in [0, 0.05) is 25.7 Å². The van der Waals surface area contributed by atoms with E-state index in [1.54, 1.807) is 13.8 Å². The smallest absolute Gasteiger partial charge is 0.324 e. The highest BCUT2D eigenvalue weighted by Gasteiger charge is 2.40. The fraction of sp³-hybridized carbons (Fsp3) is 0.727. The van der Waals surface area contributed by atoms with Gasteiger partial charge < -0.3 is 9.79 Å². The number of carbonyl (C=O) groups excluding carboxylic acids is 2. The Balaban J connectivity index is 5.44. The Morgan fingerprint density at radius 3 is 1.41 bits per heavy atom. The van der Waals surface area contributed by atoms with Crippen LogP contribution >= 0.6 is 23.4 Å². The van der Waals surface area contributed by atoms with E-state index in [1.165, 1.54) is 0 Å². The molecule has 0 aromatic rings. The molecule has 0 saturated heterocycles. The molecule has 0 spiro atoms. The van der Waals surface area contributed by atoms with Crippen LogP contribution in [0.15, 0.2) is 24.3 Å². The van der Waals surface area contributed by atoms with E-state index in [4.69, 9.17) is 8.62 Å². The van der Waals surface area contributed by atoms with Gasteiger partial charge in [0.15, 0.2) is 0 Å². The molecule has 2 N–H and O–H groups in total. The molecule has 4 unspecified atom stereocenters. The average molecular weight is 542 g/mol. The first-order valence-electron chi connectivity index (χ1n) is 11.5. The summed E-state index contributed by atoms with van der Waals surface area (Å²) in [6, 6.07) is 0. The summed E-state index contributed by atoms with van der Waals surface area (Å²) in [7, 11) is -13.1. The quantitative estimate of drug-likeness (QED) is 0.126. The van der Waals surface area contributed by atoms with Gasteiger partial charge in [0.2, 0.25) is 0 Å². The molecule has 0 radical (unpaired) electrons. The number of allylic oxidation sites excluding steroid dienone is 2. The van der Waals surface area contributed by atoms with E-state index in [-0.39, 0.29) is 50.1 Å². The van der Waals surface area contributed by atoms with Gasteiger partial charge in [-0.05, 0) is 52.4 Å². The molecule has 9 nitrogen and oxygen atoms in total. The Morgan fingerprint density at radius 2 is 1.15 bits per heavy atom. The van der Waals surface area contributed by atoms with Crippen LogP contribution in [-0.4, -0.2) is 32.7 Å². The Labute approximate surface area is 204 Å². The maximum Gasteiger partial charge on any atom is 0.338 e. The van der Waals surface area contributed by atoms with Crippen LogP contribution in [-0.2, 0) is 31.9 Å². The first-order chi connectivity index (χ1) is 15.6. The first kappa shape index (κ1) is 33.4. The molecule has 0 saturated carbocycles. The predicted molar refractivity (Wildman–Crippen MR) is 136 cm³/mol. The molecule has 0 bridgehead atoms. The lowest BCUT2D eigenvalue weighted by molar-refractivity contribution is -0.119. The van der Waals surface area contributed by atoms with Crippen LogP contribution in [0.25, 0.3) is 0 Å². The van der Waals surface area contributed by atoms with Crippen LogP contribution in [0.4, 0.5) is 0 Å². The molecule has 0 aliphatic rings. The fourth-order valence-corrected chi connectivity index (χ4v) is 8.45. The standard InChI is InChI=1S/C22H41O9P3/c1-7-19(23)15-21(13-9-11-17(3)4)33(26,27)30-32(25)31-34(28,29)22(16-20(24)8-2)14-10-12-18(5)6/h21-22,32H,3,5,7-16H2,1-2,4,6H3,(H,26,27)(H,28,29). The van der Waals surface area contributed by atoms with Gasteiger partial charge in [-0.25, -0.2) is 8.62 Å². The number of ketones is 2. The molecule has 0 heterocycles. The lowest BCUT2D eigenvalue weighted by Gasteiger charge is -2.24. The predicted octanol–water partition coefficient (Wildman–Crippen LogP) is 6.75.